The van der Waals surface area contributed by atoms with Crippen LogP contribution in [0.1, 0.15) is 23.1 Å². The highest BCUT2D eigenvalue weighted by atomic mass is 35.5. The van der Waals surface area contributed by atoms with E-state index in [1.807, 2.05) is 6.92 Å². The second-order valence-electron chi connectivity index (χ2n) is 6.21. The van der Waals surface area contributed by atoms with Gasteiger partial charge in [-0.3, -0.25) is 4.79 Å². The number of aryl methyl sites for hydroxylation is 1. The average molecular weight is 411 g/mol. The van der Waals surface area contributed by atoms with E-state index in [0.29, 0.717) is 22.9 Å². The number of carbonyl (C=O) groups excluding carboxylic acids is 1. The minimum Gasteiger partial charge on any atom is -0.467 e. The summed E-state index contributed by atoms with van der Waals surface area (Å²) in [4.78, 5) is 12.2. The van der Waals surface area contributed by atoms with Gasteiger partial charge < -0.3 is 14.2 Å². The molecule has 0 radical (unpaired) electrons. The van der Waals surface area contributed by atoms with Gasteiger partial charge in [0.05, 0.1) is 23.7 Å². The van der Waals surface area contributed by atoms with Gasteiger partial charge in [0.1, 0.15) is 12.4 Å². The van der Waals surface area contributed by atoms with Crippen molar-refractivity contribution in [2.45, 2.75) is 31.5 Å². The van der Waals surface area contributed by atoms with E-state index in [9.17, 15) is 13.2 Å². The van der Waals surface area contributed by atoms with Crippen molar-refractivity contribution in [3.8, 4) is 5.75 Å². The molecule has 1 aliphatic heterocycles. The second-order valence-corrected chi connectivity index (χ2v) is 8.75. The lowest BCUT2D eigenvalue weighted by molar-refractivity contribution is -0.144. The maximum Gasteiger partial charge on any atom is 0.307 e. The number of hydrogen-bond donors (Lipinski definition) is 0. The van der Waals surface area contributed by atoms with Gasteiger partial charge >= 0.3 is 5.97 Å². The van der Waals surface area contributed by atoms with E-state index in [-0.39, 0.29) is 30.5 Å². The Hall–Kier alpha value is -2.09. The minimum absolute atomic E-state index is 0.0493. The number of halogens is 1. The maximum absolute atomic E-state index is 12.3. The van der Waals surface area contributed by atoms with E-state index in [2.05, 4.69) is 0 Å². The van der Waals surface area contributed by atoms with Crippen molar-refractivity contribution in [1.29, 1.82) is 0 Å². The first-order chi connectivity index (χ1) is 12.8. The molecule has 1 aliphatic rings. The molecule has 144 valence electrons. The van der Waals surface area contributed by atoms with Crippen LogP contribution >= 0.6 is 11.6 Å². The molecule has 2 aromatic carbocycles. The lowest BCUT2D eigenvalue weighted by Crippen LogP contribution is -2.16. The molecule has 6 nitrogen and oxygen atoms in total. The molecule has 0 saturated heterocycles. The smallest absolute Gasteiger partial charge is 0.307 e. The Morgan fingerprint density at radius 3 is 2.70 bits per heavy atom. The summed E-state index contributed by atoms with van der Waals surface area (Å²) in [7, 11) is -3.54. The monoisotopic (exact) mass is 410 g/mol. The van der Waals surface area contributed by atoms with Gasteiger partial charge in [-0.25, -0.2) is 8.42 Å². The Morgan fingerprint density at radius 2 is 1.96 bits per heavy atom. The Kier molecular flexibility index (Phi) is 6.04. The van der Waals surface area contributed by atoms with Crippen molar-refractivity contribution in [2.24, 2.45) is 0 Å². The van der Waals surface area contributed by atoms with Gasteiger partial charge in [0, 0.05) is 16.1 Å². The Bertz CT molecular complexity index is 937. The van der Waals surface area contributed by atoms with E-state index in [4.69, 9.17) is 25.8 Å². The van der Waals surface area contributed by atoms with Gasteiger partial charge in [0.25, 0.3) is 0 Å². The van der Waals surface area contributed by atoms with Crippen molar-refractivity contribution in [2.75, 3.05) is 12.5 Å². The van der Waals surface area contributed by atoms with Gasteiger partial charge in [-0.1, -0.05) is 29.3 Å². The minimum atomic E-state index is -3.54. The fourth-order valence-corrected chi connectivity index (χ4v) is 4.16. The summed E-state index contributed by atoms with van der Waals surface area (Å²) in [5.74, 6) is -0.329. The highest BCUT2D eigenvalue weighted by Crippen LogP contribution is 2.32. The summed E-state index contributed by atoms with van der Waals surface area (Å²) in [5, 5.41) is 0.482. The van der Waals surface area contributed by atoms with Gasteiger partial charge in [-0.05, 0) is 31.2 Å². The third-order valence-corrected chi connectivity index (χ3v) is 6.05. The van der Waals surface area contributed by atoms with Crippen molar-refractivity contribution in [3.05, 3.63) is 58.1 Å². The van der Waals surface area contributed by atoms with Crippen molar-refractivity contribution >= 4 is 27.4 Å². The van der Waals surface area contributed by atoms with E-state index in [0.717, 1.165) is 11.1 Å². The third-order valence-electron chi connectivity index (χ3n) is 4.10. The summed E-state index contributed by atoms with van der Waals surface area (Å²) in [5.41, 5.74) is 2.36. The normalized spacial score (nSPS) is 13.6. The molecule has 0 atom stereocenters. The highest BCUT2D eigenvalue weighted by molar-refractivity contribution is 7.91. The molecule has 0 spiro atoms. The van der Waals surface area contributed by atoms with E-state index in [1.54, 1.807) is 24.3 Å². The number of fused-ring (bicyclic) bond motifs is 1. The first-order valence-corrected chi connectivity index (χ1v) is 10.3. The van der Waals surface area contributed by atoms with Crippen LogP contribution in [0.3, 0.4) is 0 Å². The van der Waals surface area contributed by atoms with Gasteiger partial charge in [0.15, 0.2) is 16.6 Å². The first-order valence-electron chi connectivity index (χ1n) is 8.32. The predicted molar refractivity (Wildman–Crippen MR) is 99.4 cm³/mol. The molecule has 2 aromatic rings. The van der Waals surface area contributed by atoms with Gasteiger partial charge in [-0.15, -0.1) is 0 Å². The average Bonchev–Trinajstić information content (AvgIpc) is 2.64. The predicted octanol–water partition coefficient (Wildman–Crippen LogP) is 3.42. The van der Waals surface area contributed by atoms with E-state index >= 15 is 0 Å². The van der Waals surface area contributed by atoms with Crippen LogP contribution in [0.2, 0.25) is 5.02 Å². The lowest BCUT2D eigenvalue weighted by Gasteiger charge is -2.21. The zero-order chi connectivity index (χ0) is 19.4. The van der Waals surface area contributed by atoms with Crippen LogP contribution in [0.4, 0.5) is 0 Å². The van der Waals surface area contributed by atoms with Crippen molar-refractivity contribution < 1.29 is 27.4 Å². The van der Waals surface area contributed by atoms with Crippen LogP contribution < -0.4 is 4.74 Å². The molecular weight excluding hydrogens is 392 g/mol. The molecule has 0 aliphatic carbocycles. The molecule has 0 amide bonds. The summed E-state index contributed by atoms with van der Waals surface area (Å²) in [6.07, 6.45) is -0.233. The summed E-state index contributed by atoms with van der Waals surface area (Å²) >= 11 is 6.07. The molecule has 0 unspecified atom stereocenters. The summed E-state index contributed by atoms with van der Waals surface area (Å²) in [6, 6.07) is 9.90. The number of esters is 1. The molecule has 3 rings (SSSR count). The summed E-state index contributed by atoms with van der Waals surface area (Å²) in [6.45, 7) is 2.31. The van der Waals surface area contributed by atoms with Crippen molar-refractivity contribution in [1.82, 2.24) is 0 Å². The molecular formula is C19H19ClO6S. The highest BCUT2D eigenvalue weighted by Gasteiger charge is 2.19. The standard InChI is InChI=1S/C19H19ClO6S/c1-13-2-4-17(5-3-13)27(22,23)7-6-18(21)25-11-15-9-16(20)8-14-10-24-12-26-19(14)15/h2-5,8-9H,6-7,10-12H2,1H3. The Labute approximate surface area is 162 Å². The molecule has 1 heterocycles. The Morgan fingerprint density at radius 1 is 1.22 bits per heavy atom. The maximum atomic E-state index is 12.3. The van der Waals surface area contributed by atoms with Gasteiger partial charge in [-0.2, -0.15) is 0 Å². The fourth-order valence-electron chi connectivity index (χ4n) is 2.68. The fraction of sp³-hybridized carbons (Fsp3) is 0.316. The van der Waals surface area contributed by atoms with Crippen LogP contribution in [0, 0.1) is 6.92 Å². The summed E-state index contributed by atoms with van der Waals surface area (Å²) < 4.78 is 40.5. The topological polar surface area (TPSA) is 78.9 Å². The van der Waals surface area contributed by atoms with Crippen LogP contribution in [0.25, 0.3) is 0 Å². The van der Waals surface area contributed by atoms with Crippen LogP contribution in [0.5, 0.6) is 5.75 Å². The second kappa shape index (κ2) is 8.29. The molecule has 0 saturated carbocycles. The van der Waals surface area contributed by atoms with Gasteiger partial charge in [0.2, 0.25) is 0 Å². The molecule has 0 fully saturated rings. The SMILES string of the molecule is Cc1ccc(S(=O)(=O)CCC(=O)OCc2cc(Cl)cc3c2OCOC3)cc1. The number of sulfone groups is 1. The molecule has 0 bridgehead atoms. The number of carbonyl (C=O) groups is 1. The van der Waals surface area contributed by atoms with Crippen LogP contribution in [-0.2, 0) is 37.3 Å². The zero-order valence-electron chi connectivity index (χ0n) is 14.7. The largest absolute Gasteiger partial charge is 0.467 e. The molecule has 0 aromatic heterocycles. The van der Waals surface area contributed by atoms with Crippen LogP contribution in [-0.4, -0.2) is 26.9 Å². The number of benzene rings is 2. The number of hydrogen-bond acceptors (Lipinski definition) is 6. The Balaban J connectivity index is 1.59. The molecule has 8 heteroatoms. The molecule has 27 heavy (non-hydrogen) atoms. The van der Waals surface area contributed by atoms with E-state index in [1.165, 1.54) is 12.1 Å². The third kappa shape index (κ3) is 5.00. The zero-order valence-corrected chi connectivity index (χ0v) is 16.3. The van der Waals surface area contributed by atoms with E-state index < -0.39 is 15.8 Å². The lowest BCUT2D eigenvalue weighted by atomic mass is 10.1. The molecule has 0 N–H and O–H groups in total. The number of ether oxygens (including phenoxy) is 3. The number of rotatable bonds is 6. The van der Waals surface area contributed by atoms with Crippen molar-refractivity contribution in [3.63, 3.8) is 0 Å². The quantitative estimate of drug-likeness (QED) is 0.679. The van der Waals surface area contributed by atoms with Crippen LogP contribution in [0.15, 0.2) is 41.3 Å². The first kappa shape index (κ1) is 19.7.